The molecule has 0 radical (unpaired) electrons. The highest BCUT2D eigenvalue weighted by Crippen LogP contribution is 2.22. The maximum Gasteiger partial charge on any atom is 0.244 e. The highest BCUT2D eigenvalue weighted by molar-refractivity contribution is 5.02. The van der Waals surface area contributed by atoms with Crippen LogP contribution in [0.4, 0.5) is 0 Å². The summed E-state index contributed by atoms with van der Waals surface area (Å²) in [5.74, 6) is 3.25. The molecule has 0 saturated heterocycles. The van der Waals surface area contributed by atoms with E-state index in [9.17, 15) is 0 Å². The highest BCUT2D eigenvalue weighted by Gasteiger charge is 2.27. The molecule has 1 aromatic rings. The average molecular weight is 209 g/mol. The quantitative estimate of drug-likeness (QED) is 0.748. The molecule has 5 heteroatoms. The van der Waals surface area contributed by atoms with Crippen molar-refractivity contribution < 1.29 is 9.26 Å². The molecule has 5 nitrogen and oxygen atoms in total. The molecule has 0 aliphatic heterocycles. The second-order valence-corrected chi connectivity index (χ2v) is 3.69. The van der Waals surface area contributed by atoms with E-state index in [1.807, 2.05) is 13.8 Å². The third-order valence-electron chi connectivity index (χ3n) is 2.15. The fourth-order valence-corrected chi connectivity index (χ4v) is 0.936. The summed E-state index contributed by atoms with van der Waals surface area (Å²) in [6, 6.07) is -0.413. The normalized spacial score (nSPS) is 13.5. The van der Waals surface area contributed by atoms with Crippen molar-refractivity contribution in [2.24, 2.45) is 5.73 Å². The number of methoxy groups -OCH3 is 1. The second kappa shape index (κ2) is 4.43. The molecule has 0 aliphatic rings. The summed E-state index contributed by atoms with van der Waals surface area (Å²) in [6.45, 7) is 3.68. The van der Waals surface area contributed by atoms with Gasteiger partial charge in [-0.15, -0.1) is 12.3 Å². The molecule has 0 aliphatic carbocycles. The van der Waals surface area contributed by atoms with E-state index in [1.54, 1.807) is 7.11 Å². The molecule has 0 bridgehead atoms. The van der Waals surface area contributed by atoms with E-state index in [-0.39, 0.29) is 0 Å². The zero-order chi connectivity index (χ0) is 11.5. The van der Waals surface area contributed by atoms with Crippen LogP contribution in [0.1, 0.15) is 38.0 Å². The van der Waals surface area contributed by atoms with E-state index >= 15 is 0 Å². The molecule has 0 saturated carbocycles. The molecule has 1 atom stereocenters. The van der Waals surface area contributed by atoms with Crippen LogP contribution in [0.3, 0.4) is 0 Å². The van der Waals surface area contributed by atoms with Crippen LogP contribution < -0.4 is 5.73 Å². The Balaban J connectivity index is 2.86. The summed E-state index contributed by atoms with van der Waals surface area (Å²) < 4.78 is 10.2. The Bertz CT molecular complexity index is 365. The lowest BCUT2D eigenvalue weighted by Crippen LogP contribution is -2.21. The van der Waals surface area contributed by atoms with Crippen LogP contribution in [0.2, 0.25) is 0 Å². The maximum atomic E-state index is 5.72. The summed E-state index contributed by atoms with van der Waals surface area (Å²) in [6.07, 6.45) is 5.51. The molecule has 1 heterocycles. The Morgan fingerprint density at radius 2 is 2.33 bits per heavy atom. The van der Waals surface area contributed by atoms with E-state index in [2.05, 4.69) is 16.1 Å². The minimum absolute atomic E-state index is 0.341. The van der Waals surface area contributed by atoms with Crippen LogP contribution in [0, 0.1) is 12.3 Å². The van der Waals surface area contributed by atoms with Gasteiger partial charge in [-0.05, 0) is 13.8 Å². The summed E-state index contributed by atoms with van der Waals surface area (Å²) in [5.41, 5.74) is 5.14. The Morgan fingerprint density at radius 1 is 1.67 bits per heavy atom. The van der Waals surface area contributed by atoms with Crippen molar-refractivity contribution in [1.29, 1.82) is 0 Å². The van der Waals surface area contributed by atoms with Crippen molar-refractivity contribution in [3.63, 3.8) is 0 Å². The minimum Gasteiger partial charge on any atom is -0.371 e. The Labute approximate surface area is 89.0 Å². The molecule has 0 aromatic carbocycles. The lowest BCUT2D eigenvalue weighted by molar-refractivity contribution is 0.00973. The summed E-state index contributed by atoms with van der Waals surface area (Å²) in [5, 5.41) is 3.80. The van der Waals surface area contributed by atoms with Crippen molar-refractivity contribution in [3.8, 4) is 12.3 Å². The molecular weight excluding hydrogens is 194 g/mol. The molecule has 82 valence electrons. The fourth-order valence-electron chi connectivity index (χ4n) is 0.936. The SMILES string of the molecule is C#CCC(N)c1nc(C(C)(C)OC)no1. The Kier molecular flexibility index (Phi) is 3.45. The highest BCUT2D eigenvalue weighted by atomic mass is 16.5. The lowest BCUT2D eigenvalue weighted by atomic mass is 10.1. The number of hydrogen-bond acceptors (Lipinski definition) is 5. The van der Waals surface area contributed by atoms with E-state index in [0.29, 0.717) is 18.1 Å². The standard InChI is InChI=1S/C10H15N3O2/c1-5-6-7(11)8-12-9(13-15-8)10(2,3)14-4/h1,7H,6,11H2,2-4H3. The zero-order valence-corrected chi connectivity index (χ0v) is 9.15. The predicted molar refractivity (Wildman–Crippen MR) is 54.7 cm³/mol. The molecule has 1 unspecified atom stereocenters. The van der Waals surface area contributed by atoms with Gasteiger partial charge in [0.05, 0.1) is 6.04 Å². The Morgan fingerprint density at radius 3 is 2.87 bits per heavy atom. The van der Waals surface area contributed by atoms with E-state index in [0.717, 1.165) is 0 Å². The van der Waals surface area contributed by atoms with Gasteiger partial charge in [-0.25, -0.2) is 0 Å². The van der Waals surface area contributed by atoms with Crippen molar-refractivity contribution in [2.75, 3.05) is 7.11 Å². The van der Waals surface area contributed by atoms with E-state index < -0.39 is 11.6 Å². The van der Waals surface area contributed by atoms with Gasteiger partial charge >= 0.3 is 0 Å². The molecule has 0 fully saturated rings. The molecule has 0 amide bonds. The number of aromatic nitrogens is 2. The molecule has 1 aromatic heterocycles. The molecule has 15 heavy (non-hydrogen) atoms. The van der Waals surface area contributed by atoms with E-state index in [4.69, 9.17) is 21.4 Å². The third kappa shape index (κ3) is 2.55. The van der Waals surface area contributed by atoms with Crippen LogP contribution in [0.5, 0.6) is 0 Å². The van der Waals surface area contributed by atoms with Crippen molar-refractivity contribution >= 4 is 0 Å². The Hall–Kier alpha value is -1.38. The molecule has 2 N–H and O–H groups in total. The van der Waals surface area contributed by atoms with Crippen LogP contribution in [-0.2, 0) is 10.3 Å². The van der Waals surface area contributed by atoms with Gasteiger partial charge in [-0.2, -0.15) is 4.98 Å². The zero-order valence-electron chi connectivity index (χ0n) is 9.15. The molecule has 0 spiro atoms. The smallest absolute Gasteiger partial charge is 0.244 e. The van der Waals surface area contributed by atoms with Crippen molar-refractivity contribution in [1.82, 2.24) is 10.1 Å². The summed E-state index contributed by atoms with van der Waals surface area (Å²) in [4.78, 5) is 4.15. The fraction of sp³-hybridized carbons (Fsp3) is 0.600. The first-order valence-corrected chi connectivity index (χ1v) is 4.59. The first-order valence-electron chi connectivity index (χ1n) is 4.59. The van der Waals surface area contributed by atoms with Crippen molar-refractivity contribution in [2.45, 2.75) is 31.9 Å². The topological polar surface area (TPSA) is 74.2 Å². The van der Waals surface area contributed by atoms with Gasteiger partial charge in [0.25, 0.3) is 0 Å². The van der Waals surface area contributed by atoms with Gasteiger partial charge < -0.3 is 15.0 Å². The first kappa shape index (κ1) is 11.7. The van der Waals surface area contributed by atoms with Gasteiger partial charge in [0.1, 0.15) is 5.60 Å². The van der Waals surface area contributed by atoms with Gasteiger partial charge in [-0.3, -0.25) is 0 Å². The molecular formula is C10H15N3O2. The van der Waals surface area contributed by atoms with Gasteiger partial charge in [-0.1, -0.05) is 5.16 Å². The third-order valence-corrected chi connectivity index (χ3v) is 2.15. The monoisotopic (exact) mass is 209 g/mol. The van der Waals surface area contributed by atoms with Gasteiger partial charge in [0.2, 0.25) is 11.7 Å². The van der Waals surface area contributed by atoms with Gasteiger partial charge in [0, 0.05) is 13.5 Å². The van der Waals surface area contributed by atoms with Gasteiger partial charge in [0.15, 0.2) is 0 Å². The summed E-state index contributed by atoms with van der Waals surface area (Å²) >= 11 is 0. The number of rotatable bonds is 4. The van der Waals surface area contributed by atoms with Crippen LogP contribution in [0.15, 0.2) is 4.52 Å². The number of ether oxygens (including phenoxy) is 1. The maximum absolute atomic E-state index is 5.72. The van der Waals surface area contributed by atoms with Crippen molar-refractivity contribution in [3.05, 3.63) is 11.7 Å². The number of hydrogen-bond donors (Lipinski definition) is 1. The first-order chi connectivity index (χ1) is 7.01. The minimum atomic E-state index is -0.586. The largest absolute Gasteiger partial charge is 0.371 e. The van der Waals surface area contributed by atoms with E-state index in [1.165, 1.54) is 0 Å². The molecule has 1 rings (SSSR count). The number of nitrogens with zero attached hydrogens (tertiary/aromatic N) is 2. The van der Waals surface area contributed by atoms with Crippen LogP contribution in [-0.4, -0.2) is 17.3 Å². The number of terminal acetylenes is 1. The van der Waals surface area contributed by atoms with Crippen LogP contribution >= 0.6 is 0 Å². The summed E-state index contributed by atoms with van der Waals surface area (Å²) in [7, 11) is 1.58. The lowest BCUT2D eigenvalue weighted by Gasteiger charge is -2.17. The second-order valence-electron chi connectivity index (χ2n) is 3.69. The number of nitrogens with two attached hydrogens (primary N) is 1. The predicted octanol–water partition coefficient (Wildman–Crippen LogP) is 0.974. The average Bonchev–Trinajstić information content (AvgIpc) is 2.67. The van der Waals surface area contributed by atoms with Crippen LogP contribution in [0.25, 0.3) is 0 Å².